The van der Waals surface area contributed by atoms with E-state index in [1.165, 1.54) is 21.9 Å². The van der Waals surface area contributed by atoms with E-state index in [-0.39, 0.29) is 17.2 Å². The number of carbonyl (C=O) groups excluding carboxylic acids is 1. The van der Waals surface area contributed by atoms with E-state index >= 15 is 0 Å². The fourth-order valence-electron chi connectivity index (χ4n) is 4.73. The average Bonchev–Trinajstić information content (AvgIpc) is 2.66. The second kappa shape index (κ2) is 5.82. The lowest BCUT2D eigenvalue weighted by Gasteiger charge is -2.40. The van der Waals surface area contributed by atoms with Crippen molar-refractivity contribution in [1.29, 1.82) is 0 Å². The highest BCUT2D eigenvalue weighted by Crippen LogP contribution is 2.51. The Morgan fingerprint density at radius 3 is 2.44 bits per heavy atom. The monoisotopic (exact) mass is 353 g/mol. The molecule has 2 aliphatic rings. The topological polar surface area (TPSA) is 29.1 Å². The van der Waals surface area contributed by atoms with Crippen molar-refractivity contribution in [1.82, 2.24) is 0 Å². The second-order valence-corrected chi connectivity index (χ2v) is 8.53. The molecule has 1 N–H and O–H groups in total. The summed E-state index contributed by atoms with van der Waals surface area (Å²) < 4.78 is 0. The number of fused-ring (bicyclic) bond motifs is 4. The Balaban J connectivity index is 1.82. The van der Waals surface area contributed by atoms with E-state index < -0.39 is 0 Å². The predicted molar refractivity (Wildman–Crippen MR) is 112 cm³/mol. The first-order valence-corrected chi connectivity index (χ1v) is 9.63. The van der Waals surface area contributed by atoms with Crippen LogP contribution in [0.4, 0.5) is 5.69 Å². The lowest BCUT2D eigenvalue weighted by Crippen LogP contribution is -2.33. The molecule has 0 bridgehead atoms. The number of ketones is 1. The Morgan fingerprint density at radius 1 is 0.889 bits per heavy atom. The van der Waals surface area contributed by atoms with Gasteiger partial charge in [0.25, 0.3) is 0 Å². The van der Waals surface area contributed by atoms with Crippen LogP contribution < -0.4 is 5.32 Å². The molecule has 0 radical (unpaired) electrons. The largest absolute Gasteiger partial charge is 0.373 e. The third-order valence-electron chi connectivity index (χ3n) is 5.87. The van der Waals surface area contributed by atoms with Gasteiger partial charge < -0.3 is 5.32 Å². The van der Waals surface area contributed by atoms with Crippen LogP contribution in [0.3, 0.4) is 0 Å². The number of carbonyl (C=O) groups is 1. The normalized spacial score (nSPS) is 20.8. The van der Waals surface area contributed by atoms with Crippen LogP contribution in [-0.4, -0.2) is 5.78 Å². The van der Waals surface area contributed by atoms with Gasteiger partial charge in [0, 0.05) is 23.2 Å². The van der Waals surface area contributed by atoms with Gasteiger partial charge in [0.2, 0.25) is 0 Å². The van der Waals surface area contributed by atoms with Gasteiger partial charge in [-0.2, -0.15) is 0 Å². The van der Waals surface area contributed by atoms with Crippen molar-refractivity contribution in [2.24, 2.45) is 5.41 Å². The van der Waals surface area contributed by atoms with Gasteiger partial charge in [-0.05, 0) is 39.8 Å². The summed E-state index contributed by atoms with van der Waals surface area (Å²) in [6, 6.07) is 23.1. The van der Waals surface area contributed by atoms with Gasteiger partial charge in [-0.3, -0.25) is 4.79 Å². The number of anilines is 1. The molecular weight excluding hydrogens is 330 g/mol. The lowest BCUT2D eigenvalue weighted by molar-refractivity contribution is -0.118. The number of nitrogens with one attached hydrogen (secondary N) is 1. The van der Waals surface area contributed by atoms with Crippen LogP contribution in [0.5, 0.6) is 0 Å². The fourth-order valence-corrected chi connectivity index (χ4v) is 4.73. The number of hydrogen-bond acceptors (Lipinski definition) is 2. The second-order valence-electron chi connectivity index (χ2n) is 8.53. The molecule has 134 valence electrons. The number of Topliss-reactive ketones (excluding diaryl/α,β-unsaturated/α-hetero) is 1. The lowest BCUT2D eigenvalue weighted by atomic mass is 9.68. The molecule has 0 spiro atoms. The quantitative estimate of drug-likeness (QED) is 0.568. The van der Waals surface area contributed by atoms with E-state index in [2.05, 4.69) is 67.7 Å². The highest BCUT2D eigenvalue weighted by molar-refractivity contribution is 6.12. The first-order chi connectivity index (χ1) is 13.0. The van der Waals surface area contributed by atoms with Crippen molar-refractivity contribution in [2.45, 2.75) is 32.7 Å². The van der Waals surface area contributed by atoms with Crippen LogP contribution in [-0.2, 0) is 4.79 Å². The molecule has 1 unspecified atom stereocenters. The zero-order valence-corrected chi connectivity index (χ0v) is 15.8. The van der Waals surface area contributed by atoms with Crippen LogP contribution in [0.25, 0.3) is 16.3 Å². The minimum absolute atomic E-state index is 0.0112. The van der Waals surface area contributed by atoms with Gasteiger partial charge in [-0.1, -0.05) is 74.5 Å². The van der Waals surface area contributed by atoms with E-state index in [9.17, 15) is 4.79 Å². The Hall–Kier alpha value is -2.87. The van der Waals surface area contributed by atoms with E-state index in [4.69, 9.17) is 0 Å². The summed E-state index contributed by atoms with van der Waals surface area (Å²) in [7, 11) is 0. The van der Waals surface area contributed by atoms with Crippen molar-refractivity contribution in [3.8, 4) is 0 Å². The summed E-state index contributed by atoms with van der Waals surface area (Å²) in [6.45, 7) is 4.41. The Bertz CT molecular complexity index is 1090. The third kappa shape index (κ3) is 2.59. The van der Waals surface area contributed by atoms with Crippen molar-refractivity contribution in [3.63, 3.8) is 0 Å². The molecule has 1 aliphatic heterocycles. The molecule has 2 heteroatoms. The number of hydrogen-bond donors (Lipinski definition) is 1. The molecule has 3 aromatic rings. The summed E-state index contributed by atoms with van der Waals surface area (Å²) in [5, 5.41) is 6.13. The fraction of sp³-hybridized carbons (Fsp3) is 0.240. The van der Waals surface area contributed by atoms with E-state index in [0.29, 0.717) is 6.42 Å². The van der Waals surface area contributed by atoms with Gasteiger partial charge in [0.15, 0.2) is 5.78 Å². The molecule has 3 aromatic carbocycles. The number of rotatable bonds is 1. The van der Waals surface area contributed by atoms with Crippen molar-refractivity contribution < 1.29 is 4.79 Å². The highest BCUT2D eigenvalue weighted by atomic mass is 16.1. The van der Waals surface area contributed by atoms with E-state index in [1.807, 2.05) is 18.2 Å². The van der Waals surface area contributed by atoms with Gasteiger partial charge >= 0.3 is 0 Å². The zero-order chi connectivity index (χ0) is 18.6. The predicted octanol–water partition coefficient (Wildman–Crippen LogP) is 6.15. The van der Waals surface area contributed by atoms with Crippen molar-refractivity contribution in [3.05, 3.63) is 83.4 Å². The summed E-state index contributed by atoms with van der Waals surface area (Å²) in [4.78, 5) is 13.3. The molecule has 5 rings (SSSR count). The molecule has 27 heavy (non-hydrogen) atoms. The maximum Gasteiger partial charge on any atom is 0.162 e. The highest BCUT2D eigenvalue weighted by Gasteiger charge is 2.40. The zero-order valence-electron chi connectivity index (χ0n) is 15.8. The third-order valence-corrected chi connectivity index (χ3v) is 5.87. The molecule has 1 atom stereocenters. The minimum atomic E-state index is -0.0709. The van der Waals surface area contributed by atoms with Crippen LogP contribution in [0.2, 0.25) is 0 Å². The molecule has 1 heterocycles. The molecule has 2 nitrogen and oxygen atoms in total. The Labute approximate surface area is 159 Å². The van der Waals surface area contributed by atoms with Gasteiger partial charge in [0.05, 0.1) is 6.04 Å². The molecule has 0 aromatic heterocycles. The Kier molecular flexibility index (Phi) is 3.51. The first-order valence-electron chi connectivity index (χ1n) is 9.63. The van der Waals surface area contributed by atoms with Gasteiger partial charge in [-0.25, -0.2) is 0 Å². The summed E-state index contributed by atoms with van der Waals surface area (Å²) in [6.07, 6.45) is 1.54. The van der Waals surface area contributed by atoms with Crippen LogP contribution >= 0.6 is 0 Å². The van der Waals surface area contributed by atoms with Crippen LogP contribution in [0, 0.1) is 5.41 Å². The van der Waals surface area contributed by atoms with Crippen LogP contribution in [0.15, 0.2) is 72.3 Å². The number of benzene rings is 3. The van der Waals surface area contributed by atoms with Gasteiger partial charge in [-0.15, -0.1) is 0 Å². The van der Waals surface area contributed by atoms with Crippen LogP contribution in [0.1, 0.15) is 43.9 Å². The standard InChI is InChI=1S/C25H23NO/c1-25(2)14-19-22-18-11-7-6-8-16(18)12-13-20(22)26-24(23(19)21(27)15-25)17-9-4-3-5-10-17/h3-13,24,26H,14-15H2,1-2H3. The Morgan fingerprint density at radius 2 is 1.63 bits per heavy atom. The van der Waals surface area contributed by atoms with Crippen molar-refractivity contribution >= 4 is 27.8 Å². The number of allylic oxidation sites excluding steroid dienone is 1. The van der Waals surface area contributed by atoms with Gasteiger partial charge in [0.1, 0.15) is 0 Å². The van der Waals surface area contributed by atoms with Crippen molar-refractivity contribution in [2.75, 3.05) is 5.32 Å². The molecular formula is C25H23NO. The minimum Gasteiger partial charge on any atom is -0.373 e. The molecule has 0 saturated heterocycles. The molecule has 1 aliphatic carbocycles. The average molecular weight is 353 g/mol. The summed E-state index contributed by atoms with van der Waals surface area (Å²) in [5.41, 5.74) is 5.68. The summed E-state index contributed by atoms with van der Waals surface area (Å²) >= 11 is 0. The molecule has 0 saturated carbocycles. The molecule has 0 amide bonds. The first kappa shape index (κ1) is 16.3. The maximum absolute atomic E-state index is 13.3. The van der Waals surface area contributed by atoms with E-state index in [1.54, 1.807) is 0 Å². The smallest absolute Gasteiger partial charge is 0.162 e. The van der Waals surface area contributed by atoms with E-state index in [0.717, 1.165) is 23.2 Å². The molecule has 0 fully saturated rings. The summed E-state index contributed by atoms with van der Waals surface area (Å²) in [5.74, 6) is 0.279. The SMILES string of the molecule is CC1(C)CC(=O)C2=C(C1)c1c(ccc3ccccc13)NC2c1ccccc1. The maximum atomic E-state index is 13.3.